The molecule has 1 aromatic heterocycles. The van der Waals surface area contributed by atoms with Crippen LogP contribution in [0.3, 0.4) is 0 Å². The second kappa shape index (κ2) is 15.3. The van der Waals surface area contributed by atoms with E-state index < -0.39 is 28.5 Å². The number of aryl methyl sites for hydroxylation is 2. The molecule has 0 atom stereocenters. The number of carboxylic acid groups (broad SMARTS) is 1. The van der Waals surface area contributed by atoms with Gasteiger partial charge in [-0.1, -0.05) is 31.0 Å². The van der Waals surface area contributed by atoms with Gasteiger partial charge in [0.1, 0.15) is 23.1 Å². The molecule has 1 aliphatic heterocycles. The smallest absolute Gasteiger partial charge is 0.331 e. The number of ether oxygens (including phenoxy) is 5. The molecule has 1 aliphatic rings. The fraction of sp³-hybridized carbons (Fsp3) is 0.286. The number of methoxy groups -OCH3 is 2. The standard InChI is InChI=1S/C35H37N3O11S/c1-5-6-7-33-36-19-25(15-24(35(40)41)14-23-16-31-32(49-21-48-31)18-29(23)46-4)37(33)28-13-10-26(45-3)17-30(28)47-20-34(39)38(42)50(43,44)27-11-8-22(2)9-12-27/h8-13,15-19,42H,5-7,14,20-21H2,1-4H3,(H,40,41)/b24-15+. The fourth-order valence-electron chi connectivity index (χ4n) is 5.22. The lowest BCUT2D eigenvalue weighted by atomic mass is 10.0. The van der Waals surface area contributed by atoms with E-state index >= 15 is 0 Å². The molecule has 0 unspecified atom stereocenters. The van der Waals surface area contributed by atoms with E-state index in [1.54, 1.807) is 47.9 Å². The summed E-state index contributed by atoms with van der Waals surface area (Å²) in [6, 6.07) is 13.8. The van der Waals surface area contributed by atoms with Crippen LogP contribution in [0.4, 0.5) is 0 Å². The Morgan fingerprint density at radius 3 is 2.40 bits per heavy atom. The summed E-state index contributed by atoms with van der Waals surface area (Å²) >= 11 is 0. The lowest BCUT2D eigenvalue weighted by Crippen LogP contribution is -2.37. The number of aliphatic carboxylic acids is 1. The summed E-state index contributed by atoms with van der Waals surface area (Å²) < 4.78 is 54.8. The first-order chi connectivity index (χ1) is 24.0. The van der Waals surface area contributed by atoms with Gasteiger partial charge in [0.15, 0.2) is 18.1 Å². The van der Waals surface area contributed by atoms with Crippen LogP contribution < -0.4 is 23.7 Å². The summed E-state index contributed by atoms with van der Waals surface area (Å²) in [5.74, 6) is -0.0135. The topological polar surface area (TPSA) is 176 Å². The van der Waals surface area contributed by atoms with Gasteiger partial charge in [0.2, 0.25) is 6.79 Å². The van der Waals surface area contributed by atoms with Crippen LogP contribution in [0.2, 0.25) is 0 Å². The van der Waals surface area contributed by atoms with Gasteiger partial charge in [0.25, 0.3) is 15.9 Å². The monoisotopic (exact) mass is 707 g/mol. The molecule has 5 rings (SSSR count). The molecule has 264 valence electrons. The summed E-state index contributed by atoms with van der Waals surface area (Å²) in [6.07, 6.45) is 5.12. The van der Waals surface area contributed by atoms with Crippen molar-refractivity contribution in [3.8, 4) is 34.4 Å². The number of sulfonamides is 1. The van der Waals surface area contributed by atoms with Crippen LogP contribution in [0, 0.1) is 6.92 Å². The molecule has 15 heteroatoms. The SMILES string of the molecule is CCCCc1ncc(/C=C(\Cc2cc3c(cc2OC)OCO3)C(=O)O)n1-c1ccc(OC)cc1OCC(=O)N(O)S(=O)(=O)c1ccc(C)cc1. The Morgan fingerprint density at radius 2 is 1.74 bits per heavy atom. The van der Waals surface area contributed by atoms with E-state index in [1.807, 2.05) is 6.92 Å². The highest BCUT2D eigenvalue weighted by Crippen LogP contribution is 2.39. The molecular formula is C35H37N3O11S. The molecule has 2 heterocycles. The van der Waals surface area contributed by atoms with Crippen LogP contribution >= 0.6 is 0 Å². The predicted octanol–water partition coefficient (Wildman–Crippen LogP) is 4.97. The largest absolute Gasteiger partial charge is 0.497 e. The maximum atomic E-state index is 13.0. The van der Waals surface area contributed by atoms with Crippen molar-refractivity contribution in [3.63, 3.8) is 0 Å². The van der Waals surface area contributed by atoms with Gasteiger partial charge in [0, 0.05) is 36.1 Å². The number of nitrogens with zero attached hydrogens (tertiary/aromatic N) is 3. The Balaban J connectivity index is 1.51. The number of hydrogen-bond acceptors (Lipinski definition) is 11. The van der Waals surface area contributed by atoms with Crippen molar-refractivity contribution in [2.75, 3.05) is 27.6 Å². The van der Waals surface area contributed by atoms with Crippen LogP contribution in [-0.4, -0.2) is 72.2 Å². The van der Waals surface area contributed by atoms with E-state index in [1.165, 1.54) is 44.7 Å². The second-order valence-corrected chi connectivity index (χ2v) is 13.1. The first-order valence-electron chi connectivity index (χ1n) is 15.6. The van der Waals surface area contributed by atoms with Crippen molar-refractivity contribution < 1.29 is 52.0 Å². The lowest BCUT2D eigenvalue weighted by molar-refractivity contribution is -0.148. The number of amides is 1. The van der Waals surface area contributed by atoms with E-state index in [2.05, 4.69) is 4.98 Å². The van der Waals surface area contributed by atoms with Crippen molar-refractivity contribution in [2.45, 2.75) is 44.4 Å². The minimum atomic E-state index is -4.57. The van der Waals surface area contributed by atoms with Crippen LogP contribution in [0.5, 0.6) is 28.7 Å². The minimum absolute atomic E-state index is 0.00810. The number of carbonyl (C=O) groups is 2. The number of hydrogen-bond donors (Lipinski definition) is 2. The van der Waals surface area contributed by atoms with Gasteiger partial charge in [-0.25, -0.2) is 9.78 Å². The van der Waals surface area contributed by atoms with Crippen LogP contribution in [0.25, 0.3) is 11.8 Å². The van der Waals surface area contributed by atoms with E-state index in [0.29, 0.717) is 52.2 Å². The zero-order valence-corrected chi connectivity index (χ0v) is 28.7. The average Bonchev–Trinajstić information content (AvgIpc) is 3.74. The van der Waals surface area contributed by atoms with Gasteiger partial charge in [-0.2, -0.15) is 8.42 Å². The third-order valence-electron chi connectivity index (χ3n) is 7.89. The van der Waals surface area contributed by atoms with Crippen LogP contribution in [-0.2, 0) is 32.5 Å². The van der Waals surface area contributed by atoms with Gasteiger partial charge in [0.05, 0.1) is 36.7 Å². The normalized spacial score (nSPS) is 12.5. The number of benzene rings is 3. The number of rotatable bonds is 15. The molecule has 1 amide bonds. The maximum absolute atomic E-state index is 13.0. The van der Waals surface area contributed by atoms with E-state index in [0.717, 1.165) is 18.4 Å². The quantitative estimate of drug-likeness (QED) is 0.0966. The number of fused-ring (bicyclic) bond motifs is 1. The van der Waals surface area contributed by atoms with Crippen LogP contribution in [0.15, 0.2) is 71.3 Å². The van der Waals surface area contributed by atoms with Gasteiger partial charge < -0.3 is 28.8 Å². The average molecular weight is 708 g/mol. The molecule has 3 aromatic carbocycles. The minimum Gasteiger partial charge on any atom is -0.497 e. The van der Waals surface area contributed by atoms with Crippen LogP contribution in [0.1, 0.15) is 42.4 Å². The molecule has 0 bridgehead atoms. The molecular weight excluding hydrogens is 670 g/mol. The molecule has 4 aromatic rings. The summed E-state index contributed by atoms with van der Waals surface area (Å²) in [7, 11) is -1.66. The van der Waals surface area contributed by atoms with Crippen molar-refractivity contribution in [1.82, 2.24) is 14.0 Å². The Hall–Kier alpha value is -5.54. The van der Waals surface area contributed by atoms with Crippen molar-refractivity contribution in [2.24, 2.45) is 0 Å². The molecule has 0 saturated carbocycles. The van der Waals surface area contributed by atoms with Gasteiger partial charge >= 0.3 is 5.97 Å². The molecule has 50 heavy (non-hydrogen) atoms. The lowest BCUT2D eigenvalue weighted by Gasteiger charge is -2.19. The fourth-order valence-corrected chi connectivity index (χ4v) is 6.22. The Labute approximate surface area is 289 Å². The molecule has 0 saturated heterocycles. The molecule has 0 radical (unpaired) electrons. The molecule has 0 fully saturated rings. The highest BCUT2D eigenvalue weighted by molar-refractivity contribution is 7.89. The van der Waals surface area contributed by atoms with E-state index in [-0.39, 0.29) is 33.9 Å². The molecule has 14 nitrogen and oxygen atoms in total. The van der Waals surface area contributed by atoms with Crippen molar-refractivity contribution in [1.29, 1.82) is 0 Å². The number of hydroxylamine groups is 1. The zero-order valence-electron chi connectivity index (χ0n) is 27.9. The Bertz CT molecular complexity index is 2020. The first kappa shape index (κ1) is 35.8. The number of imidazole rings is 1. The second-order valence-electron chi connectivity index (χ2n) is 11.3. The number of carboxylic acids is 1. The first-order valence-corrected chi connectivity index (χ1v) is 17.0. The highest BCUT2D eigenvalue weighted by Gasteiger charge is 2.29. The summed E-state index contributed by atoms with van der Waals surface area (Å²) in [6.45, 7) is 2.97. The van der Waals surface area contributed by atoms with Gasteiger partial charge in [-0.3, -0.25) is 14.6 Å². The number of aromatic nitrogens is 2. The third kappa shape index (κ3) is 7.68. The summed E-state index contributed by atoms with van der Waals surface area (Å²) in [5.41, 5.74) is 2.12. The van der Waals surface area contributed by atoms with E-state index in [9.17, 15) is 28.3 Å². The molecule has 0 aliphatic carbocycles. The predicted molar refractivity (Wildman–Crippen MR) is 180 cm³/mol. The summed E-state index contributed by atoms with van der Waals surface area (Å²) in [5, 5.41) is 20.7. The highest BCUT2D eigenvalue weighted by atomic mass is 32.2. The molecule has 0 spiro atoms. The third-order valence-corrected chi connectivity index (χ3v) is 9.42. The van der Waals surface area contributed by atoms with Gasteiger partial charge in [-0.05, 0) is 49.8 Å². The zero-order chi connectivity index (χ0) is 36.0. The summed E-state index contributed by atoms with van der Waals surface area (Å²) in [4.78, 5) is 29.9. The van der Waals surface area contributed by atoms with Crippen molar-refractivity contribution >= 4 is 28.0 Å². The Morgan fingerprint density at radius 1 is 1.02 bits per heavy atom. The van der Waals surface area contributed by atoms with E-state index in [4.69, 9.17) is 23.7 Å². The number of carbonyl (C=O) groups excluding carboxylic acids is 1. The molecule has 2 N–H and O–H groups in total. The Kier molecular flexibility index (Phi) is 11.0. The van der Waals surface area contributed by atoms with Crippen molar-refractivity contribution in [3.05, 3.63) is 89.0 Å². The maximum Gasteiger partial charge on any atom is 0.331 e. The van der Waals surface area contributed by atoms with Gasteiger partial charge in [-0.15, -0.1) is 4.47 Å². The number of unbranched alkanes of at least 4 members (excludes halogenated alkanes) is 1.